The second-order valence-electron chi connectivity index (χ2n) is 5.15. The number of carboxylic acids is 1. The van der Waals surface area contributed by atoms with Crippen molar-refractivity contribution in [2.75, 3.05) is 0 Å². The molecule has 0 aliphatic heterocycles. The van der Waals surface area contributed by atoms with Crippen molar-refractivity contribution in [1.29, 1.82) is 0 Å². The molecule has 0 bridgehead atoms. The molecule has 4 nitrogen and oxygen atoms in total. The Morgan fingerprint density at radius 1 is 1.17 bits per heavy atom. The van der Waals surface area contributed by atoms with Crippen molar-refractivity contribution in [2.24, 2.45) is 0 Å². The van der Waals surface area contributed by atoms with E-state index in [2.05, 4.69) is 0 Å². The highest BCUT2D eigenvalue weighted by molar-refractivity contribution is 6.42. The molecule has 0 unspecified atom stereocenters. The van der Waals surface area contributed by atoms with Gasteiger partial charge in [0.1, 0.15) is 5.56 Å². The Morgan fingerprint density at radius 3 is 2.39 bits per heavy atom. The normalized spacial score (nSPS) is 10.8. The van der Waals surface area contributed by atoms with Crippen LogP contribution >= 0.6 is 23.2 Å². The summed E-state index contributed by atoms with van der Waals surface area (Å²) in [6.45, 7) is 4.47. The van der Waals surface area contributed by atoms with Gasteiger partial charge < -0.3 is 9.67 Å². The van der Waals surface area contributed by atoms with Crippen molar-refractivity contribution in [3.8, 4) is 11.3 Å². The second-order valence-corrected chi connectivity index (χ2v) is 5.97. The van der Waals surface area contributed by atoms with Crippen LogP contribution in [0.15, 0.2) is 29.1 Å². The number of halogens is 2. The van der Waals surface area contributed by atoms with E-state index in [1.165, 1.54) is 6.07 Å². The van der Waals surface area contributed by atoms with Crippen LogP contribution in [0, 0.1) is 0 Å². The molecule has 1 N–H and O–H groups in total. The molecule has 6 heteroatoms. The quantitative estimate of drug-likeness (QED) is 0.861. The molecule has 0 spiro atoms. The number of benzene rings is 1. The number of nitrogens with zero attached hydrogens (tertiary/aromatic N) is 1. The smallest absolute Gasteiger partial charge is 0.341 e. The molecular formula is C17H17Cl2NO3. The van der Waals surface area contributed by atoms with Crippen LogP contribution in [0.2, 0.25) is 10.0 Å². The molecule has 23 heavy (non-hydrogen) atoms. The van der Waals surface area contributed by atoms with Gasteiger partial charge in [0.05, 0.1) is 15.7 Å². The summed E-state index contributed by atoms with van der Waals surface area (Å²) in [7, 11) is 0. The van der Waals surface area contributed by atoms with E-state index in [0.717, 1.165) is 12.1 Å². The Kier molecular flexibility index (Phi) is 5.50. The number of aromatic nitrogens is 1. The highest BCUT2D eigenvalue weighted by atomic mass is 35.5. The molecular weight excluding hydrogens is 337 g/mol. The highest BCUT2D eigenvalue weighted by Gasteiger charge is 2.21. The van der Waals surface area contributed by atoms with Crippen molar-refractivity contribution < 1.29 is 9.90 Å². The first-order chi connectivity index (χ1) is 10.9. The predicted molar refractivity (Wildman–Crippen MR) is 92.8 cm³/mol. The molecule has 0 amide bonds. The molecule has 122 valence electrons. The van der Waals surface area contributed by atoms with Crippen molar-refractivity contribution in [3.63, 3.8) is 0 Å². The lowest BCUT2D eigenvalue weighted by atomic mass is 10.0. The Balaban J connectivity index is 2.88. The Bertz CT molecular complexity index is 812. The summed E-state index contributed by atoms with van der Waals surface area (Å²) in [4.78, 5) is 23.9. The van der Waals surface area contributed by atoms with Crippen LogP contribution < -0.4 is 5.43 Å². The molecule has 0 aliphatic rings. The molecule has 1 aromatic carbocycles. The van der Waals surface area contributed by atoms with E-state index < -0.39 is 11.4 Å². The van der Waals surface area contributed by atoms with Gasteiger partial charge in [-0.15, -0.1) is 0 Å². The average Bonchev–Trinajstić information content (AvgIpc) is 2.49. The highest BCUT2D eigenvalue weighted by Crippen LogP contribution is 2.30. The fourth-order valence-electron chi connectivity index (χ4n) is 2.67. The van der Waals surface area contributed by atoms with Crippen molar-refractivity contribution in [1.82, 2.24) is 4.57 Å². The molecule has 0 saturated carbocycles. The summed E-state index contributed by atoms with van der Waals surface area (Å²) in [5, 5.41) is 10.2. The van der Waals surface area contributed by atoms with Gasteiger partial charge in [0.15, 0.2) is 5.43 Å². The molecule has 1 aromatic heterocycles. The van der Waals surface area contributed by atoms with Crippen LogP contribution in [0.5, 0.6) is 0 Å². The number of rotatable bonds is 5. The maximum atomic E-state index is 12.3. The third-order valence-corrected chi connectivity index (χ3v) is 4.37. The van der Waals surface area contributed by atoms with E-state index in [-0.39, 0.29) is 5.56 Å². The van der Waals surface area contributed by atoms with Crippen LogP contribution in [0.1, 0.15) is 36.3 Å². The number of hydrogen-bond acceptors (Lipinski definition) is 2. The largest absolute Gasteiger partial charge is 0.477 e. The SMILES string of the molecule is CCCc1cc(=O)c(C(=O)O)c(-c2ccc(Cl)c(Cl)c2)n1CC. The lowest BCUT2D eigenvalue weighted by molar-refractivity contribution is 0.0695. The summed E-state index contributed by atoms with van der Waals surface area (Å²) in [6.07, 6.45) is 1.55. The molecule has 2 aromatic rings. The zero-order chi connectivity index (χ0) is 17.1. The summed E-state index contributed by atoms with van der Waals surface area (Å²) in [6, 6.07) is 6.28. The Labute approximate surface area is 144 Å². The van der Waals surface area contributed by atoms with Gasteiger partial charge in [-0.1, -0.05) is 42.6 Å². The topological polar surface area (TPSA) is 59.3 Å². The van der Waals surface area contributed by atoms with E-state index in [9.17, 15) is 14.7 Å². The zero-order valence-corrected chi connectivity index (χ0v) is 14.4. The van der Waals surface area contributed by atoms with E-state index in [4.69, 9.17) is 23.2 Å². The van der Waals surface area contributed by atoms with Crippen LogP contribution in [0.3, 0.4) is 0 Å². The molecule has 1 heterocycles. The van der Waals surface area contributed by atoms with E-state index in [1.807, 2.05) is 18.4 Å². The van der Waals surface area contributed by atoms with Gasteiger partial charge in [0.25, 0.3) is 0 Å². The molecule has 0 saturated heterocycles. The summed E-state index contributed by atoms with van der Waals surface area (Å²) < 4.78 is 1.86. The van der Waals surface area contributed by atoms with E-state index in [1.54, 1.807) is 18.2 Å². The average molecular weight is 354 g/mol. The first kappa shape index (κ1) is 17.6. The standard InChI is InChI=1S/C17H17Cl2NO3/c1-3-5-11-9-14(21)15(17(22)23)16(20(11)4-2)10-6-7-12(18)13(19)8-10/h6-9H,3-5H2,1-2H3,(H,22,23). The van der Waals surface area contributed by atoms with Crippen LogP contribution in [0.25, 0.3) is 11.3 Å². The second kappa shape index (κ2) is 7.20. The van der Waals surface area contributed by atoms with E-state index in [0.29, 0.717) is 34.3 Å². The van der Waals surface area contributed by atoms with Gasteiger partial charge in [-0.25, -0.2) is 4.79 Å². The van der Waals surface area contributed by atoms with Crippen molar-refractivity contribution in [3.05, 3.63) is 55.8 Å². The lowest BCUT2D eigenvalue weighted by Crippen LogP contribution is -2.23. The summed E-state index contributed by atoms with van der Waals surface area (Å²) in [5.74, 6) is -1.25. The number of carbonyl (C=O) groups is 1. The van der Waals surface area contributed by atoms with Crippen LogP contribution in [0.4, 0.5) is 0 Å². The number of aromatic carboxylic acids is 1. The van der Waals surface area contributed by atoms with Crippen molar-refractivity contribution >= 4 is 29.2 Å². The maximum Gasteiger partial charge on any atom is 0.341 e. The number of carboxylic acid groups (broad SMARTS) is 1. The monoisotopic (exact) mass is 353 g/mol. The van der Waals surface area contributed by atoms with E-state index >= 15 is 0 Å². The fourth-order valence-corrected chi connectivity index (χ4v) is 2.97. The predicted octanol–water partition coefficient (Wildman–Crippen LogP) is 4.49. The van der Waals surface area contributed by atoms with Gasteiger partial charge in [-0.05, 0) is 25.5 Å². The Morgan fingerprint density at radius 2 is 1.87 bits per heavy atom. The summed E-state index contributed by atoms with van der Waals surface area (Å²) >= 11 is 12.0. The van der Waals surface area contributed by atoms with Gasteiger partial charge in [-0.2, -0.15) is 0 Å². The van der Waals surface area contributed by atoms with Crippen LogP contribution in [-0.2, 0) is 13.0 Å². The fraction of sp³-hybridized carbons (Fsp3) is 0.294. The van der Waals surface area contributed by atoms with Gasteiger partial charge >= 0.3 is 5.97 Å². The molecule has 0 atom stereocenters. The minimum atomic E-state index is -1.25. The first-order valence-corrected chi connectivity index (χ1v) is 8.11. The first-order valence-electron chi connectivity index (χ1n) is 7.36. The molecule has 2 rings (SSSR count). The minimum absolute atomic E-state index is 0.245. The molecule has 0 radical (unpaired) electrons. The van der Waals surface area contributed by atoms with Gasteiger partial charge in [0, 0.05) is 23.9 Å². The third-order valence-electron chi connectivity index (χ3n) is 3.63. The molecule has 0 aliphatic carbocycles. The van der Waals surface area contributed by atoms with Crippen LogP contribution in [-0.4, -0.2) is 15.6 Å². The number of aryl methyl sites for hydroxylation is 1. The number of pyridine rings is 1. The summed E-state index contributed by atoms with van der Waals surface area (Å²) in [5.41, 5.74) is 1.01. The molecule has 0 fully saturated rings. The maximum absolute atomic E-state index is 12.3. The van der Waals surface area contributed by atoms with Crippen molar-refractivity contribution in [2.45, 2.75) is 33.2 Å². The van der Waals surface area contributed by atoms with Gasteiger partial charge in [-0.3, -0.25) is 4.79 Å². The Hall–Kier alpha value is -1.78. The zero-order valence-electron chi connectivity index (χ0n) is 12.9. The lowest BCUT2D eigenvalue weighted by Gasteiger charge is -2.19. The minimum Gasteiger partial charge on any atom is -0.477 e. The van der Waals surface area contributed by atoms with Gasteiger partial charge in [0.2, 0.25) is 0 Å². The number of hydrogen-bond donors (Lipinski definition) is 1. The third kappa shape index (κ3) is 3.43.